The maximum absolute atomic E-state index is 12.1. The molecule has 106 valence electrons. The van der Waals surface area contributed by atoms with Crippen molar-refractivity contribution in [2.24, 2.45) is 29.6 Å². The molecule has 4 heteroatoms. The van der Waals surface area contributed by atoms with Gasteiger partial charge in [0.1, 0.15) is 0 Å². The number of amides is 1. The molecule has 0 radical (unpaired) electrons. The minimum absolute atomic E-state index is 0.240. The number of rotatable bonds is 7. The summed E-state index contributed by atoms with van der Waals surface area (Å²) in [6.45, 7) is 0.712. The summed E-state index contributed by atoms with van der Waals surface area (Å²) in [6, 6.07) is 0. The molecule has 0 saturated heterocycles. The van der Waals surface area contributed by atoms with Gasteiger partial charge >= 0.3 is 5.97 Å². The van der Waals surface area contributed by atoms with Gasteiger partial charge in [0.25, 0.3) is 0 Å². The van der Waals surface area contributed by atoms with Crippen molar-refractivity contribution in [2.45, 2.75) is 44.9 Å². The van der Waals surface area contributed by atoms with E-state index in [0.717, 1.165) is 24.7 Å². The first kappa shape index (κ1) is 12.9. The van der Waals surface area contributed by atoms with E-state index in [4.69, 9.17) is 5.11 Å². The minimum atomic E-state index is -0.731. The molecule has 4 unspecified atom stereocenters. The molecule has 4 atom stereocenters. The van der Waals surface area contributed by atoms with Gasteiger partial charge in [-0.15, -0.1) is 0 Å². The lowest BCUT2D eigenvalue weighted by Gasteiger charge is -2.09. The van der Waals surface area contributed by atoms with E-state index in [2.05, 4.69) is 5.32 Å². The lowest BCUT2D eigenvalue weighted by molar-refractivity contribution is -0.137. The fourth-order valence-electron chi connectivity index (χ4n) is 4.58. The maximum atomic E-state index is 12.1. The molecule has 1 amide bonds. The molecule has 3 saturated carbocycles. The second-order valence-corrected chi connectivity index (χ2v) is 6.51. The average molecular weight is 265 g/mol. The smallest absolute Gasteiger partial charge is 0.303 e. The molecule has 3 fully saturated rings. The van der Waals surface area contributed by atoms with Gasteiger partial charge in [0.05, 0.1) is 0 Å². The molecule has 0 aromatic carbocycles. The number of fused-ring (bicyclic) bond motifs is 5. The van der Waals surface area contributed by atoms with Gasteiger partial charge in [-0.25, -0.2) is 0 Å². The Morgan fingerprint density at radius 2 is 1.74 bits per heavy atom. The molecule has 0 heterocycles. The van der Waals surface area contributed by atoms with E-state index in [1.807, 2.05) is 0 Å². The first-order chi connectivity index (χ1) is 9.18. The van der Waals surface area contributed by atoms with Gasteiger partial charge in [0.2, 0.25) is 5.91 Å². The Morgan fingerprint density at radius 1 is 1.05 bits per heavy atom. The molecule has 0 aromatic heterocycles. The van der Waals surface area contributed by atoms with Crippen LogP contribution in [0.1, 0.15) is 44.9 Å². The third kappa shape index (κ3) is 2.49. The molecule has 0 spiro atoms. The second kappa shape index (κ2) is 5.14. The van der Waals surface area contributed by atoms with Gasteiger partial charge in [-0.1, -0.05) is 6.42 Å². The monoisotopic (exact) mass is 265 g/mol. The fourth-order valence-corrected chi connectivity index (χ4v) is 4.58. The third-order valence-corrected chi connectivity index (χ3v) is 5.40. The Kier molecular flexibility index (Phi) is 3.50. The summed E-state index contributed by atoms with van der Waals surface area (Å²) in [5.41, 5.74) is 0. The summed E-state index contributed by atoms with van der Waals surface area (Å²) in [7, 11) is 0. The van der Waals surface area contributed by atoms with Crippen LogP contribution in [0.2, 0.25) is 0 Å². The number of hydrogen-bond acceptors (Lipinski definition) is 2. The van der Waals surface area contributed by atoms with Crippen LogP contribution in [0.25, 0.3) is 0 Å². The highest BCUT2D eigenvalue weighted by Gasteiger charge is 2.67. The molecular weight excluding hydrogens is 242 g/mol. The van der Waals surface area contributed by atoms with Gasteiger partial charge in [-0.3, -0.25) is 9.59 Å². The number of carboxylic acid groups (broad SMARTS) is 1. The summed E-state index contributed by atoms with van der Waals surface area (Å²) >= 11 is 0. The van der Waals surface area contributed by atoms with Crippen LogP contribution in [0.5, 0.6) is 0 Å². The second-order valence-electron chi connectivity index (χ2n) is 6.51. The van der Waals surface area contributed by atoms with Crippen molar-refractivity contribution in [1.82, 2.24) is 5.32 Å². The van der Waals surface area contributed by atoms with E-state index in [-0.39, 0.29) is 12.3 Å². The van der Waals surface area contributed by atoms with Crippen LogP contribution in [-0.4, -0.2) is 23.5 Å². The lowest BCUT2D eigenvalue weighted by atomic mass is 10.0. The predicted octanol–water partition coefficient (Wildman–Crippen LogP) is 2.04. The highest BCUT2D eigenvalue weighted by Crippen LogP contribution is 2.69. The number of carbonyl (C=O) groups is 2. The molecule has 3 aliphatic rings. The van der Waals surface area contributed by atoms with E-state index in [0.29, 0.717) is 30.7 Å². The lowest BCUT2D eigenvalue weighted by Crippen LogP contribution is -2.28. The normalized spacial score (nSPS) is 38.0. The quantitative estimate of drug-likeness (QED) is 0.692. The van der Waals surface area contributed by atoms with E-state index in [9.17, 15) is 9.59 Å². The van der Waals surface area contributed by atoms with Gasteiger partial charge in [-0.05, 0) is 55.8 Å². The van der Waals surface area contributed by atoms with Gasteiger partial charge < -0.3 is 10.4 Å². The van der Waals surface area contributed by atoms with E-state index >= 15 is 0 Å². The van der Waals surface area contributed by atoms with Crippen molar-refractivity contribution >= 4 is 11.9 Å². The van der Waals surface area contributed by atoms with Gasteiger partial charge in [0.15, 0.2) is 0 Å². The zero-order valence-corrected chi connectivity index (χ0v) is 11.3. The van der Waals surface area contributed by atoms with Crippen molar-refractivity contribution in [3.8, 4) is 0 Å². The van der Waals surface area contributed by atoms with Gasteiger partial charge in [0, 0.05) is 18.9 Å². The number of carbonyl (C=O) groups excluding carboxylic acids is 1. The number of unbranched alkanes of at least 4 members (excludes halogenated alkanes) is 2. The summed E-state index contributed by atoms with van der Waals surface area (Å²) in [6.07, 6.45) is 6.82. The summed E-state index contributed by atoms with van der Waals surface area (Å²) in [5.74, 6) is 2.99. The molecule has 2 N–H and O–H groups in total. The molecule has 4 nitrogen and oxygen atoms in total. The highest BCUT2D eigenvalue weighted by atomic mass is 16.4. The van der Waals surface area contributed by atoms with Crippen LogP contribution in [0.4, 0.5) is 0 Å². The van der Waals surface area contributed by atoms with E-state index < -0.39 is 5.97 Å². The van der Waals surface area contributed by atoms with Crippen molar-refractivity contribution in [2.75, 3.05) is 6.54 Å². The van der Waals surface area contributed by atoms with Crippen LogP contribution in [-0.2, 0) is 9.59 Å². The Bertz CT molecular complexity index is 366. The summed E-state index contributed by atoms with van der Waals surface area (Å²) < 4.78 is 0. The number of hydrogen-bond donors (Lipinski definition) is 2. The van der Waals surface area contributed by atoms with E-state index in [1.54, 1.807) is 0 Å². The number of nitrogens with one attached hydrogen (secondary N) is 1. The zero-order valence-electron chi connectivity index (χ0n) is 11.3. The Balaban J connectivity index is 1.30. The SMILES string of the molecule is O=C(O)CCCCCNC(=O)C1C2C3CCC(C3)C12. The van der Waals surface area contributed by atoms with Crippen molar-refractivity contribution < 1.29 is 14.7 Å². The molecule has 3 rings (SSSR count). The molecule has 2 bridgehead atoms. The molecule has 3 aliphatic carbocycles. The zero-order chi connectivity index (χ0) is 13.4. The van der Waals surface area contributed by atoms with Crippen LogP contribution >= 0.6 is 0 Å². The molecule has 0 aromatic rings. The Morgan fingerprint density at radius 3 is 2.37 bits per heavy atom. The largest absolute Gasteiger partial charge is 0.481 e. The third-order valence-electron chi connectivity index (χ3n) is 5.40. The predicted molar refractivity (Wildman–Crippen MR) is 70.4 cm³/mol. The Labute approximate surface area is 113 Å². The standard InChI is InChI=1S/C15H23NO3/c17-11(18)4-2-1-3-7-16-15(19)14-12-9-5-6-10(8-9)13(12)14/h9-10,12-14H,1-8H2,(H,16,19)(H,17,18). The first-order valence-electron chi connectivity index (χ1n) is 7.68. The van der Waals surface area contributed by atoms with Crippen molar-refractivity contribution in [3.05, 3.63) is 0 Å². The average Bonchev–Trinajstić information content (AvgIpc) is 2.82. The molecule has 0 aliphatic heterocycles. The first-order valence-corrected chi connectivity index (χ1v) is 7.68. The molecular formula is C15H23NO3. The highest BCUT2D eigenvalue weighted by molar-refractivity contribution is 5.82. The maximum Gasteiger partial charge on any atom is 0.303 e. The van der Waals surface area contributed by atoms with Crippen LogP contribution in [0, 0.1) is 29.6 Å². The van der Waals surface area contributed by atoms with Crippen molar-refractivity contribution in [1.29, 1.82) is 0 Å². The van der Waals surface area contributed by atoms with Crippen LogP contribution in [0.3, 0.4) is 0 Å². The summed E-state index contributed by atoms with van der Waals surface area (Å²) in [5, 5.41) is 11.6. The van der Waals surface area contributed by atoms with Crippen LogP contribution < -0.4 is 5.32 Å². The topological polar surface area (TPSA) is 66.4 Å². The Hall–Kier alpha value is -1.06. The van der Waals surface area contributed by atoms with Crippen molar-refractivity contribution in [3.63, 3.8) is 0 Å². The number of carboxylic acids is 1. The summed E-state index contributed by atoms with van der Waals surface area (Å²) in [4.78, 5) is 22.4. The molecule has 19 heavy (non-hydrogen) atoms. The van der Waals surface area contributed by atoms with Gasteiger partial charge in [-0.2, -0.15) is 0 Å². The minimum Gasteiger partial charge on any atom is -0.481 e. The fraction of sp³-hybridized carbons (Fsp3) is 0.867. The van der Waals surface area contributed by atoms with Crippen LogP contribution in [0.15, 0.2) is 0 Å². The van der Waals surface area contributed by atoms with E-state index in [1.165, 1.54) is 19.3 Å². The number of aliphatic carboxylic acids is 1.